The maximum atomic E-state index is 12.9. The molecule has 2 aromatic rings. The molecule has 0 fully saturated rings. The molecule has 1 N–H and O–H groups in total. The first-order valence-corrected chi connectivity index (χ1v) is 4.83. The molecule has 2 rings (SSSR count). The first kappa shape index (κ1) is 12.2. The van der Waals surface area contributed by atoms with Gasteiger partial charge in [-0.1, -0.05) is 40.6 Å². The summed E-state index contributed by atoms with van der Waals surface area (Å²) in [5, 5.41) is 14.1. The lowest BCUT2D eigenvalue weighted by Gasteiger charge is -2.06. The second-order valence-corrected chi connectivity index (χ2v) is 3.38. The SMILES string of the molecule is ON=Cc1noc(-c2ccccc2)c1C(F)(F)F. The third-order valence-electron chi connectivity index (χ3n) is 2.22. The van der Waals surface area contributed by atoms with Crippen LogP contribution >= 0.6 is 0 Å². The number of aromatic nitrogens is 1. The van der Waals surface area contributed by atoms with Gasteiger partial charge in [0.05, 0.1) is 6.21 Å². The van der Waals surface area contributed by atoms with Crippen LogP contribution in [-0.2, 0) is 6.18 Å². The molecule has 0 amide bonds. The molecule has 0 aliphatic heterocycles. The van der Waals surface area contributed by atoms with Crippen LogP contribution in [0.2, 0.25) is 0 Å². The molecule has 4 nitrogen and oxygen atoms in total. The van der Waals surface area contributed by atoms with E-state index >= 15 is 0 Å². The van der Waals surface area contributed by atoms with Crippen molar-refractivity contribution in [3.8, 4) is 11.3 Å². The Labute approximate surface area is 99.3 Å². The lowest BCUT2D eigenvalue weighted by atomic mass is 10.1. The molecule has 0 saturated carbocycles. The van der Waals surface area contributed by atoms with Crippen LogP contribution in [0, 0.1) is 0 Å². The highest BCUT2D eigenvalue weighted by molar-refractivity contribution is 5.82. The molecule has 1 heterocycles. The average molecular weight is 256 g/mol. The number of halogens is 3. The van der Waals surface area contributed by atoms with Gasteiger partial charge in [-0.25, -0.2) is 0 Å². The second-order valence-electron chi connectivity index (χ2n) is 3.38. The summed E-state index contributed by atoms with van der Waals surface area (Å²) >= 11 is 0. The molecule has 7 heteroatoms. The summed E-state index contributed by atoms with van der Waals surface area (Å²) in [6, 6.07) is 7.77. The number of alkyl halides is 3. The number of benzene rings is 1. The molecule has 0 unspecified atom stereocenters. The highest BCUT2D eigenvalue weighted by atomic mass is 19.4. The van der Waals surface area contributed by atoms with Crippen molar-refractivity contribution in [2.24, 2.45) is 5.16 Å². The maximum Gasteiger partial charge on any atom is 0.422 e. The minimum Gasteiger partial charge on any atom is -0.411 e. The quantitative estimate of drug-likeness (QED) is 0.510. The smallest absolute Gasteiger partial charge is 0.411 e. The monoisotopic (exact) mass is 256 g/mol. The third kappa shape index (κ3) is 2.20. The Morgan fingerprint density at radius 3 is 2.44 bits per heavy atom. The molecule has 94 valence electrons. The molecule has 0 spiro atoms. The van der Waals surface area contributed by atoms with Crippen molar-refractivity contribution in [1.29, 1.82) is 0 Å². The average Bonchev–Trinajstić information content (AvgIpc) is 2.74. The summed E-state index contributed by atoms with van der Waals surface area (Å²) in [5.74, 6) is -0.405. The molecule has 0 radical (unpaired) electrons. The summed E-state index contributed by atoms with van der Waals surface area (Å²) < 4.78 is 43.4. The van der Waals surface area contributed by atoms with Crippen LogP contribution in [0.4, 0.5) is 13.2 Å². The van der Waals surface area contributed by atoms with Crippen LogP contribution in [0.3, 0.4) is 0 Å². The molecule has 0 aliphatic rings. The normalized spacial score (nSPS) is 12.2. The fourth-order valence-electron chi connectivity index (χ4n) is 1.51. The summed E-state index contributed by atoms with van der Waals surface area (Å²) in [7, 11) is 0. The largest absolute Gasteiger partial charge is 0.422 e. The first-order chi connectivity index (χ1) is 8.54. The Balaban J connectivity index is 2.63. The van der Waals surface area contributed by atoms with E-state index in [1.807, 2.05) is 0 Å². The molecule has 0 bridgehead atoms. The van der Waals surface area contributed by atoms with Crippen LogP contribution in [0.5, 0.6) is 0 Å². The van der Waals surface area contributed by atoms with E-state index in [0.29, 0.717) is 6.21 Å². The standard InChI is InChI=1S/C11H7F3N2O2/c12-11(13,14)9-8(6-15-17)16-18-10(9)7-4-2-1-3-5-7/h1-6,17H. The molecule has 0 atom stereocenters. The van der Waals surface area contributed by atoms with E-state index in [2.05, 4.69) is 14.8 Å². The van der Waals surface area contributed by atoms with Gasteiger partial charge in [0.25, 0.3) is 0 Å². The van der Waals surface area contributed by atoms with Gasteiger partial charge in [-0.3, -0.25) is 0 Å². The third-order valence-corrected chi connectivity index (χ3v) is 2.22. The molecular weight excluding hydrogens is 249 g/mol. The van der Waals surface area contributed by atoms with Crippen molar-refractivity contribution in [3.05, 3.63) is 41.6 Å². The highest BCUT2D eigenvalue weighted by Crippen LogP contribution is 2.38. The van der Waals surface area contributed by atoms with Crippen LogP contribution in [-0.4, -0.2) is 16.6 Å². The van der Waals surface area contributed by atoms with Crippen LogP contribution in [0.1, 0.15) is 11.3 Å². The van der Waals surface area contributed by atoms with Crippen LogP contribution in [0.25, 0.3) is 11.3 Å². The molecule has 18 heavy (non-hydrogen) atoms. The zero-order chi connectivity index (χ0) is 13.2. The van der Waals surface area contributed by atoms with Crippen molar-refractivity contribution in [3.63, 3.8) is 0 Å². The van der Waals surface area contributed by atoms with E-state index < -0.39 is 23.2 Å². The van der Waals surface area contributed by atoms with Gasteiger partial charge in [0.2, 0.25) is 0 Å². The van der Waals surface area contributed by atoms with Gasteiger partial charge in [-0.05, 0) is 0 Å². The summed E-state index contributed by atoms with van der Waals surface area (Å²) in [6.07, 6.45) is -4.07. The zero-order valence-corrected chi connectivity index (χ0v) is 8.85. The maximum absolute atomic E-state index is 12.9. The zero-order valence-electron chi connectivity index (χ0n) is 8.85. The summed E-state index contributed by atoms with van der Waals surface area (Å²) in [5.41, 5.74) is -1.38. The van der Waals surface area contributed by atoms with E-state index in [9.17, 15) is 13.2 Å². The van der Waals surface area contributed by atoms with Crippen LogP contribution in [0.15, 0.2) is 40.0 Å². The van der Waals surface area contributed by atoms with Gasteiger partial charge < -0.3 is 9.73 Å². The van der Waals surface area contributed by atoms with Gasteiger partial charge in [-0.2, -0.15) is 13.2 Å². The molecule has 1 aromatic carbocycles. The Bertz CT molecular complexity index is 561. The summed E-state index contributed by atoms with van der Waals surface area (Å²) in [4.78, 5) is 0. The fourth-order valence-corrected chi connectivity index (χ4v) is 1.51. The van der Waals surface area contributed by atoms with Gasteiger partial charge >= 0.3 is 6.18 Å². The van der Waals surface area contributed by atoms with Gasteiger partial charge in [0.1, 0.15) is 11.3 Å². The minimum absolute atomic E-state index is 0.245. The molecule has 1 aromatic heterocycles. The van der Waals surface area contributed by atoms with E-state index in [1.165, 1.54) is 12.1 Å². The number of oxime groups is 1. The number of hydrogen-bond donors (Lipinski definition) is 1. The topological polar surface area (TPSA) is 58.6 Å². The Kier molecular flexibility index (Phi) is 3.05. The summed E-state index contributed by atoms with van der Waals surface area (Å²) in [6.45, 7) is 0. The van der Waals surface area contributed by atoms with Crippen molar-refractivity contribution >= 4 is 6.21 Å². The predicted octanol–water partition coefficient (Wildman–Crippen LogP) is 3.17. The van der Waals surface area contributed by atoms with Crippen LogP contribution < -0.4 is 0 Å². The number of rotatable bonds is 2. The van der Waals surface area contributed by atoms with Gasteiger partial charge in [-0.15, -0.1) is 0 Å². The van der Waals surface area contributed by atoms with Crippen molar-refractivity contribution in [1.82, 2.24) is 5.16 Å². The first-order valence-electron chi connectivity index (χ1n) is 4.83. The number of hydrogen-bond acceptors (Lipinski definition) is 4. The van der Waals surface area contributed by atoms with E-state index in [1.54, 1.807) is 18.2 Å². The Morgan fingerprint density at radius 2 is 1.89 bits per heavy atom. The lowest BCUT2D eigenvalue weighted by Crippen LogP contribution is -2.08. The lowest BCUT2D eigenvalue weighted by molar-refractivity contribution is -0.137. The molecule has 0 saturated heterocycles. The minimum atomic E-state index is -4.65. The van der Waals surface area contributed by atoms with E-state index in [0.717, 1.165) is 0 Å². The second kappa shape index (κ2) is 4.52. The molecule has 0 aliphatic carbocycles. The fraction of sp³-hybridized carbons (Fsp3) is 0.0909. The number of nitrogens with zero attached hydrogens (tertiary/aromatic N) is 2. The van der Waals surface area contributed by atoms with Crippen molar-refractivity contribution in [2.45, 2.75) is 6.18 Å². The molecular formula is C11H7F3N2O2. The van der Waals surface area contributed by atoms with Crippen molar-refractivity contribution in [2.75, 3.05) is 0 Å². The van der Waals surface area contributed by atoms with E-state index in [4.69, 9.17) is 5.21 Å². The predicted molar refractivity (Wildman–Crippen MR) is 56.3 cm³/mol. The van der Waals surface area contributed by atoms with Gasteiger partial charge in [0, 0.05) is 5.56 Å². The Morgan fingerprint density at radius 1 is 1.22 bits per heavy atom. The van der Waals surface area contributed by atoms with E-state index in [-0.39, 0.29) is 5.56 Å². The van der Waals surface area contributed by atoms with Crippen molar-refractivity contribution < 1.29 is 22.9 Å². The van der Waals surface area contributed by atoms with Gasteiger partial charge in [0.15, 0.2) is 5.76 Å². The Hall–Kier alpha value is -2.31. The highest BCUT2D eigenvalue weighted by Gasteiger charge is 2.40.